The molecule has 0 N–H and O–H groups in total. The van der Waals surface area contributed by atoms with Gasteiger partial charge in [-0.05, 0) is 62.7 Å². The van der Waals surface area contributed by atoms with Crippen molar-refractivity contribution in [1.29, 1.82) is 0 Å². The van der Waals surface area contributed by atoms with E-state index in [1.165, 1.54) is 29.2 Å². The molecule has 224 valence electrons. The zero-order valence-electron chi connectivity index (χ0n) is 24.0. The van der Waals surface area contributed by atoms with E-state index in [4.69, 9.17) is 37.4 Å². The molecule has 0 unspecified atom stereocenters. The molecule has 43 heavy (non-hydrogen) atoms. The number of thiazole rings is 1. The van der Waals surface area contributed by atoms with E-state index in [1.807, 2.05) is 46.9 Å². The number of nitrogens with zero attached hydrogens (tertiary/aromatic N) is 3. The van der Waals surface area contributed by atoms with Crippen LogP contribution in [-0.4, -0.2) is 40.4 Å². The molecule has 2 heterocycles. The molecular weight excluding hydrogens is 632 g/mol. The first-order chi connectivity index (χ1) is 20.5. The van der Waals surface area contributed by atoms with Crippen LogP contribution in [0.15, 0.2) is 59.8 Å². The van der Waals surface area contributed by atoms with Crippen molar-refractivity contribution in [3.05, 3.63) is 92.0 Å². The second-order valence-corrected chi connectivity index (χ2v) is 13.4. The lowest BCUT2D eigenvalue weighted by Gasteiger charge is -2.19. The smallest absolute Gasteiger partial charge is 0.338 e. The number of esters is 1. The minimum Gasteiger partial charge on any atom is -0.493 e. The maximum absolute atomic E-state index is 15.2. The first-order valence-electron chi connectivity index (χ1n) is 13.1. The molecule has 0 saturated heterocycles. The number of benzene rings is 3. The summed E-state index contributed by atoms with van der Waals surface area (Å²) in [7, 11) is 3.21. The quantitative estimate of drug-likeness (QED) is 0.116. The van der Waals surface area contributed by atoms with Gasteiger partial charge in [0.25, 0.3) is 0 Å². The zero-order chi connectivity index (χ0) is 30.9. The minimum atomic E-state index is -0.715. The van der Waals surface area contributed by atoms with Crippen molar-refractivity contribution in [2.24, 2.45) is 0 Å². The van der Waals surface area contributed by atoms with Crippen LogP contribution in [0.25, 0.3) is 16.2 Å². The lowest BCUT2D eigenvalue weighted by molar-refractivity contribution is 0.00689. The predicted octanol–water partition coefficient (Wildman–Crippen LogP) is 8.76. The van der Waals surface area contributed by atoms with Gasteiger partial charge in [-0.15, -0.1) is 10.2 Å². The molecular formula is C31H28Cl2FN3O4S2. The summed E-state index contributed by atoms with van der Waals surface area (Å²) in [6.07, 6.45) is 0.590. The van der Waals surface area contributed by atoms with Crippen molar-refractivity contribution in [2.75, 3.05) is 14.2 Å². The second-order valence-electron chi connectivity index (χ2n) is 10.6. The van der Waals surface area contributed by atoms with Crippen LogP contribution in [0, 0.1) is 5.82 Å². The van der Waals surface area contributed by atoms with Gasteiger partial charge in [0.2, 0.25) is 4.96 Å². The lowest BCUT2D eigenvalue weighted by atomic mass is 10.1. The predicted molar refractivity (Wildman–Crippen MR) is 170 cm³/mol. The van der Waals surface area contributed by atoms with Crippen LogP contribution in [0.1, 0.15) is 47.1 Å². The first-order valence-corrected chi connectivity index (χ1v) is 15.7. The molecule has 3 aromatic carbocycles. The summed E-state index contributed by atoms with van der Waals surface area (Å²) in [5, 5.41) is 10.1. The number of halogens is 3. The van der Waals surface area contributed by atoms with E-state index in [0.29, 0.717) is 33.1 Å². The van der Waals surface area contributed by atoms with E-state index in [9.17, 15) is 4.79 Å². The Balaban J connectivity index is 1.50. The number of carbonyl (C=O) groups excluding carboxylic acids is 1. The standard InChI is InChI=1S/C31H28Cl2FN3O4S2/c1-31(2,3)41-28(38)19-14-22(33)21(23(34)15-19)16-42-29-35-36-30-37(29)27(18-7-6-8-20(32)13-18)26(43-30)12-17-9-10-24(39-4)25(11-17)40-5/h6-11,13-15H,12,16H2,1-5H3. The number of carbonyl (C=O) groups is 1. The Morgan fingerprint density at radius 3 is 2.47 bits per heavy atom. The van der Waals surface area contributed by atoms with Crippen LogP contribution in [0.2, 0.25) is 10.0 Å². The number of ether oxygens (including phenoxy) is 3. The number of hydrogen-bond acceptors (Lipinski definition) is 8. The van der Waals surface area contributed by atoms with Crippen molar-refractivity contribution in [1.82, 2.24) is 14.6 Å². The molecule has 0 atom stereocenters. The Hall–Kier alpha value is -3.31. The van der Waals surface area contributed by atoms with E-state index in [-0.39, 0.29) is 21.9 Å². The fourth-order valence-corrected chi connectivity index (χ4v) is 7.13. The highest BCUT2D eigenvalue weighted by Gasteiger charge is 2.23. The van der Waals surface area contributed by atoms with Crippen molar-refractivity contribution >= 4 is 57.2 Å². The molecule has 7 nitrogen and oxygen atoms in total. The van der Waals surface area contributed by atoms with Crippen LogP contribution in [0.3, 0.4) is 0 Å². The summed E-state index contributed by atoms with van der Waals surface area (Å²) >= 11 is 15.7. The molecule has 0 fully saturated rings. The van der Waals surface area contributed by atoms with Crippen LogP contribution < -0.4 is 9.47 Å². The van der Waals surface area contributed by atoms with E-state index in [0.717, 1.165) is 27.8 Å². The molecule has 0 saturated carbocycles. The van der Waals surface area contributed by atoms with Crippen molar-refractivity contribution in [3.63, 3.8) is 0 Å². The van der Waals surface area contributed by atoms with Crippen LogP contribution in [0.4, 0.5) is 4.39 Å². The third-order valence-electron chi connectivity index (χ3n) is 6.34. The van der Waals surface area contributed by atoms with Crippen molar-refractivity contribution < 1.29 is 23.4 Å². The highest BCUT2D eigenvalue weighted by Crippen LogP contribution is 2.39. The number of rotatable bonds is 9. The van der Waals surface area contributed by atoms with Gasteiger partial charge in [0.1, 0.15) is 11.4 Å². The van der Waals surface area contributed by atoms with Gasteiger partial charge in [0, 0.05) is 38.2 Å². The highest BCUT2D eigenvalue weighted by atomic mass is 35.5. The molecule has 0 bridgehead atoms. The molecule has 2 aromatic heterocycles. The van der Waals surface area contributed by atoms with Crippen LogP contribution in [-0.2, 0) is 16.9 Å². The molecule has 0 aliphatic heterocycles. The number of fused-ring (bicyclic) bond motifs is 1. The van der Waals surface area contributed by atoms with Crippen LogP contribution >= 0.6 is 46.3 Å². The summed E-state index contributed by atoms with van der Waals surface area (Å²) in [6, 6.07) is 16.0. The van der Waals surface area contributed by atoms with Gasteiger partial charge in [0.15, 0.2) is 16.7 Å². The maximum atomic E-state index is 15.2. The molecule has 5 aromatic rings. The zero-order valence-corrected chi connectivity index (χ0v) is 27.2. The van der Waals surface area contributed by atoms with Gasteiger partial charge in [-0.3, -0.25) is 4.40 Å². The molecule has 0 radical (unpaired) electrons. The fourth-order valence-electron chi connectivity index (χ4n) is 4.44. The summed E-state index contributed by atoms with van der Waals surface area (Å²) in [4.78, 5) is 14.2. The first kappa shape index (κ1) is 31.1. The Morgan fingerprint density at radius 1 is 1.02 bits per heavy atom. The van der Waals surface area contributed by atoms with E-state index in [1.54, 1.807) is 35.0 Å². The molecule has 0 aliphatic carbocycles. The Kier molecular flexibility index (Phi) is 9.22. The minimum absolute atomic E-state index is 0.0527. The van der Waals surface area contributed by atoms with E-state index >= 15 is 4.39 Å². The normalized spacial score (nSPS) is 11.6. The molecule has 0 spiro atoms. The summed E-state index contributed by atoms with van der Waals surface area (Å²) < 4.78 is 33.4. The molecule has 0 amide bonds. The van der Waals surface area contributed by atoms with Crippen LogP contribution in [0.5, 0.6) is 11.5 Å². The summed E-state index contributed by atoms with van der Waals surface area (Å²) in [6.45, 7) is 5.23. The van der Waals surface area contributed by atoms with Gasteiger partial charge in [-0.25, -0.2) is 9.18 Å². The molecule has 0 aliphatic rings. The average molecular weight is 661 g/mol. The van der Waals surface area contributed by atoms with Gasteiger partial charge >= 0.3 is 5.97 Å². The summed E-state index contributed by atoms with van der Waals surface area (Å²) in [5.74, 6) is 0.209. The molecule has 5 rings (SSSR count). The Labute approximate surface area is 266 Å². The average Bonchev–Trinajstić information content (AvgIpc) is 3.50. The lowest BCUT2D eigenvalue weighted by Crippen LogP contribution is -2.24. The molecule has 12 heteroatoms. The van der Waals surface area contributed by atoms with Gasteiger partial charge in [-0.2, -0.15) is 0 Å². The largest absolute Gasteiger partial charge is 0.493 e. The number of methoxy groups -OCH3 is 2. The number of aromatic nitrogens is 3. The number of thioether (sulfide) groups is 1. The monoisotopic (exact) mass is 659 g/mol. The highest BCUT2D eigenvalue weighted by molar-refractivity contribution is 7.98. The topological polar surface area (TPSA) is 75.0 Å². The van der Waals surface area contributed by atoms with E-state index < -0.39 is 17.4 Å². The maximum Gasteiger partial charge on any atom is 0.338 e. The Morgan fingerprint density at radius 2 is 1.79 bits per heavy atom. The fraction of sp³-hybridized carbons (Fsp3) is 0.258. The SMILES string of the molecule is COc1ccc(Cc2sc3nnc(SCc4c(F)cc(C(=O)OC(C)(C)C)cc4Cl)n3c2-c2cccc(Cl)c2)cc1OC. The van der Waals surface area contributed by atoms with Gasteiger partial charge < -0.3 is 14.2 Å². The summed E-state index contributed by atoms with van der Waals surface area (Å²) in [5.41, 5.74) is 2.38. The second kappa shape index (κ2) is 12.7. The number of hydrogen-bond donors (Lipinski definition) is 0. The van der Waals surface area contributed by atoms with E-state index in [2.05, 4.69) is 10.2 Å². The van der Waals surface area contributed by atoms with Gasteiger partial charge in [-0.1, -0.05) is 64.5 Å². The third-order valence-corrected chi connectivity index (χ3v) is 8.90. The van der Waals surface area contributed by atoms with Crippen molar-refractivity contribution in [3.8, 4) is 22.8 Å². The Bertz CT molecular complexity index is 1790. The third kappa shape index (κ3) is 6.93. The van der Waals surface area contributed by atoms with Crippen molar-refractivity contribution in [2.45, 2.75) is 43.7 Å². The van der Waals surface area contributed by atoms with Gasteiger partial charge in [0.05, 0.1) is 25.5 Å².